The fourth-order valence-electron chi connectivity index (χ4n) is 2.47. The first-order chi connectivity index (χ1) is 11.5. The van der Waals surface area contributed by atoms with Crippen LogP contribution in [0.15, 0.2) is 18.2 Å². The maximum atomic E-state index is 11.8. The Kier molecular flexibility index (Phi) is 6.43. The van der Waals surface area contributed by atoms with E-state index in [4.69, 9.17) is 14.2 Å². The van der Waals surface area contributed by atoms with Crippen molar-refractivity contribution in [3.8, 4) is 11.5 Å². The minimum atomic E-state index is -0.835. The minimum absolute atomic E-state index is 0.0822. The monoisotopic (exact) mass is 337 g/mol. The second-order valence-electron chi connectivity index (χ2n) is 5.56. The van der Waals surface area contributed by atoms with Gasteiger partial charge >= 0.3 is 6.16 Å². The number of rotatable bonds is 6. The summed E-state index contributed by atoms with van der Waals surface area (Å²) in [4.78, 5) is 25.0. The van der Waals surface area contributed by atoms with Crippen LogP contribution in [0.3, 0.4) is 0 Å². The van der Waals surface area contributed by atoms with E-state index >= 15 is 0 Å². The highest BCUT2D eigenvalue weighted by atomic mass is 16.7. The Morgan fingerprint density at radius 3 is 2.83 bits per heavy atom. The molecule has 0 aliphatic carbocycles. The Hall–Kier alpha value is -2.28. The van der Waals surface area contributed by atoms with Gasteiger partial charge in [0, 0.05) is 32.1 Å². The predicted molar refractivity (Wildman–Crippen MR) is 86.6 cm³/mol. The standard InChI is InChI=1S/C17H23NO6/c1-12-4-5-13(21-2)10-15(12)23-9-8-18-7-6-14(19)16(11-18)24-17(20)22-3/h4-5,10,16H,6-9,11H2,1-3H3. The van der Waals surface area contributed by atoms with E-state index in [0.29, 0.717) is 32.7 Å². The van der Waals surface area contributed by atoms with Crippen molar-refractivity contribution in [2.45, 2.75) is 19.4 Å². The van der Waals surface area contributed by atoms with E-state index in [0.717, 1.165) is 17.1 Å². The van der Waals surface area contributed by atoms with Crippen LogP contribution in [0.2, 0.25) is 0 Å². The Bertz CT molecular complexity index is 588. The van der Waals surface area contributed by atoms with Crippen molar-refractivity contribution in [2.24, 2.45) is 0 Å². The molecule has 0 N–H and O–H groups in total. The number of Topliss-reactive ketones (excluding diaryl/α,β-unsaturated/α-hetero) is 1. The predicted octanol–water partition coefficient (Wildman–Crippen LogP) is 1.81. The molecule has 1 aliphatic rings. The zero-order valence-electron chi connectivity index (χ0n) is 14.2. The summed E-state index contributed by atoms with van der Waals surface area (Å²) in [7, 11) is 2.83. The van der Waals surface area contributed by atoms with Crippen LogP contribution >= 0.6 is 0 Å². The molecule has 132 valence electrons. The van der Waals surface area contributed by atoms with Gasteiger partial charge in [0.1, 0.15) is 18.1 Å². The lowest BCUT2D eigenvalue weighted by Crippen LogP contribution is -2.47. The molecule has 1 heterocycles. The quantitative estimate of drug-likeness (QED) is 0.733. The van der Waals surface area contributed by atoms with Gasteiger partial charge < -0.3 is 18.9 Å². The molecule has 0 bridgehead atoms. The molecular formula is C17H23NO6. The van der Waals surface area contributed by atoms with Crippen LogP contribution in [0.4, 0.5) is 4.79 Å². The lowest BCUT2D eigenvalue weighted by atomic mass is 10.1. The number of aryl methyl sites for hydroxylation is 1. The lowest BCUT2D eigenvalue weighted by molar-refractivity contribution is -0.133. The Morgan fingerprint density at radius 1 is 1.33 bits per heavy atom. The van der Waals surface area contributed by atoms with Crippen molar-refractivity contribution in [2.75, 3.05) is 40.5 Å². The van der Waals surface area contributed by atoms with Crippen molar-refractivity contribution in [1.29, 1.82) is 0 Å². The van der Waals surface area contributed by atoms with Crippen molar-refractivity contribution >= 4 is 11.9 Å². The van der Waals surface area contributed by atoms with Gasteiger partial charge in [-0.05, 0) is 18.6 Å². The lowest BCUT2D eigenvalue weighted by Gasteiger charge is -2.30. The second-order valence-corrected chi connectivity index (χ2v) is 5.56. The fraction of sp³-hybridized carbons (Fsp3) is 0.529. The number of likely N-dealkylation sites (tertiary alicyclic amines) is 1. The highest BCUT2D eigenvalue weighted by Crippen LogP contribution is 2.24. The summed E-state index contributed by atoms with van der Waals surface area (Å²) >= 11 is 0. The molecule has 1 atom stereocenters. The number of piperidine rings is 1. The van der Waals surface area contributed by atoms with Crippen LogP contribution in [-0.4, -0.2) is 63.4 Å². The fourth-order valence-corrected chi connectivity index (χ4v) is 2.47. The van der Waals surface area contributed by atoms with E-state index in [2.05, 4.69) is 4.74 Å². The van der Waals surface area contributed by atoms with E-state index in [9.17, 15) is 9.59 Å². The average Bonchev–Trinajstić information content (AvgIpc) is 2.59. The third-order valence-electron chi connectivity index (χ3n) is 3.92. The Balaban J connectivity index is 1.84. The molecule has 1 unspecified atom stereocenters. The molecule has 1 aromatic rings. The molecule has 1 aromatic carbocycles. The number of hydrogen-bond acceptors (Lipinski definition) is 7. The topological polar surface area (TPSA) is 74.3 Å². The number of benzene rings is 1. The summed E-state index contributed by atoms with van der Waals surface area (Å²) in [5.74, 6) is 1.43. The van der Waals surface area contributed by atoms with Crippen LogP contribution in [0.5, 0.6) is 11.5 Å². The van der Waals surface area contributed by atoms with Gasteiger partial charge in [0.15, 0.2) is 11.9 Å². The van der Waals surface area contributed by atoms with Gasteiger partial charge in [0.25, 0.3) is 0 Å². The van der Waals surface area contributed by atoms with Crippen molar-refractivity contribution in [1.82, 2.24) is 4.90 Å². The normalized spacial score (nSPS) is 18.1. The van der Waals surface area contributed by atoms with E-state index in [1.54, 1.807) is 7.11 Å². The molecule has 2 rings (SSSR count). The largest absolute Gasteiger partial charge is 0.508 e. The summed E-state index contributed by atoms with van der Waals surface area (Å²) in [6, 6.07) is 5.67. The number of carbonyl (C=O) groups excluding carboxylic acids is 2. The molecule has 1 fully saturated rings. The Morgan fingerprint density at radius 2 is 2.12 bits per heavy atom. The molecule has 0 saturated carbocycles. The molecule has 7 heteroatoms. The van der Waals surface area contributed by atoms with Gasteiger partial charge in [-0.2, -0.15) is 0 Å². The van der Waals surface area contributed by atoms with E-state index < -0.39 is 12.3 Å². The summed E-state index contributed by atoms with van der Waals surface area (Å²) in [6.45, 7) is 4.04. The SMILES string of the molecule is COC(=O)OC1CN(CCOc2cc(OC)ccc2C)CCC1=O. The second kappa shape index (κ2) is 8.54. The first-order valence-corrected chi connectivity index (χ1v) is 7.80. The van der Waals surface area contributed by atoms with Gasteiger partial charge in [-0.15, -0.1) is 0 Å². The number of nitrogens with zero attached hydrogens (tertiary/aromatic N) is 1. The van der Waals surface area contributed by atoms with E-state index in [1.165, 1.54) is 7.11 Å². The first kappa shape index (κ1) is 18.1. The molecule has 7 nitrogen and oxygen atoms in total. The highest BCUT2D eigenvalue weighted by molar-refractivity contribution is 5.85. The molecular weight excluding hydrogens is 314 g/mol. The van der Waals surface area contributed by atoms with Crippen LogP contribution in [-0.2, 0) is 14.3 Å². The Labute approximate surface area is 141 Å². The first-order valence-electron chi connectivity index (χ1n) is 7.80. The van der Waals surface area contributed by atoms with Crippen molar-refractivity contribution in [3.63, 3.8) is 0 Å². The number of carbonyl (C=O) groups is 2. The van der Waals surface area contributed by atoms with Crippen LogP contribution < -0.4 is 9.47 Å². The van der Waals surface area contributed by atoms with E-state index in [-0.39, 0.29) is 5.78 Å². The van der Waals surface area contributed by atoms with E-state index in [1.807, 2.05) is 30.0 Å². The van der Waals surface area contributed by atoms with Gasteiger partial charge in [-0.3, -0.25) is 9.69 Å². The summed E-state index contributed by atoms with van der Waals surface area (Å²) in [5.41, 5.74) is 1.02. The average molecular weight is 337 g/mol. The highest BCUT2D eigenvalue weighted by Gasteiger charge is 2.30. The molecule has 0 radical (unpaired) electrons. The summed E-state index contributed by atoms with van der Waals surface area (Å²) < 4.78 is 20.4. The number of ether oxygens (including phenoxy) is 4. The smallest absolute Gasteiger partial charge is 0.497 e. The molecule has 1 aliphatic heterocycles. The van der Waals surface area contributed by atoms with Gasteiger partial charge in [0.2, 0.25) is 0 Å². The van der Waals surface area contributed by atoms with Crippen molar-refractivity contribution < 1.29 is 28.5 Å². The van der Waals surface area contributed by atoms with Crippen molar-refractivity contribution in [3.05, 3.63) is 23.8 Å². The summed E-state index contributed by atoms with van der Waals surface area (Å²) in [6.07, 6.45) is -1.26. The van der Waals surface area contributed by atoms with Gasteiger partial charge in [0.05, 0.1) is 14.2 Å². The van der Waals surface area contributed by atoms with Gasteiger partial charge in [-0.25, -0.2) is 4.79 Å². The molecule has 1 saturated heterocycles. The number of ketones is 1. The zero-order valence-corrected chi connectivity index (χ0v) is 14.2. The zero-order chi connectivity index (χ0) is 17.5. The maximum absolute atomic E-state index is 11.8. The third-order valence-corrected chi connectivity index (χ3v) is 3.92. The number of hydrogen-bond donors (Lipinski definition) is 0. The third kappa shape index (κ3) is 4.86. The molecule has 0 amide bonds. The summed E-state index contributed by atoms with van der Waals surface area (Å²) in [5, 5.41) is 0. The number of methoxy groups -OCH3 is 2. The molecule has 0 spiro atoms. The van der Waals surface area contributed by atoms with Crippen LogP contribution in [0.1, 0.15) is 12.0 Å². The van der Waals surface area contributed by atoms with Gasteiger partial charge in [-0.1, -0.05) is 6.07 Å². The molecule has 24 heavy (non-hydrogen) atoms. The van der Waals surface area contributed by atoms with Crippen LogP contribution in [0, 0.1) is 6.92 Å². The maximum Gasteiger partial charge on any atom is 0.508 e. The molecule has 0 aromatic heterocycles. The van der Waals surface area contributed by atoms with Crippen LogP contribution in [0.25, 0.3) is 0 Å². The minimum Gasteiger partial charge on any atom is -0.497 e.